The quantitative estimate of drug-likeness (QED) is 0.629. The van der Waals surface area contributed by atoms with Gasteiger partial charge in [-0.05, 0) is 52.0 Å². The lowest BCUT2D eigenvalue weighted by atomic mass is 10.1. The number of carbonyl (C=O) groups excluding carboxylic acids is 1. The van der Waals surface area contributed by atoms with Crippen LogP contribution in [0.4, 0.5) is 0 Å². The van der Waals surface area contributed by atoms with E-state index in [1.54, 1.807) is 19.1 Å². The monoisotopic (exact) mass is 415 g/mol. The van der Waals surface area contributed by atoms with E-state index >= 15 is 0 Å². The maximum atomic E-state index is 13.0. The van der Waals surface area contributed by atoms with Crippen molar-refractivity contribution in [1.82, 2.24) is 4.57 Å². The van der Waals surface area contributed by atoms with Gasteiger partial charge < -0.3 is 23.8 Å². The number of aromatic nitrogens is 1. The highest BCUT2D eigenvalue weighted by atomic mass is 16.5. The molecule has 2 N–H and O–H groups in total. The molecule has 2 aromatic rings. The van der Waals surface area contributed by atoms with Gasteiger partial charge in [0.2, 0.25) is 5.78 Å². The van der Waals surface area contributed by atoms with E-state index in [4.69, 9.17) is 9.47 Å². The molecule has 0 bridgehead atoms. The molecule has 164 valence electrons. The van der Waals surface area contributed by atoms with Crippen LogP contribution in [0.2, 0.25) is 0 Å². The maximum Gasteiger partial charge on any atom is 0.218 e. The van der Waals surface area contributed by atoms with Crippen molar-refractivity contribution in [3.8, 4) is 11.5 Å². The summed E-state index contributed by atoms with van der Waals surface area (Å²) >= 11 is 0. The van der Waals surface area contributed by atoms with Crippen LogP contribution in [-0.4, -0.2) is 57.3 Å². The van der Waals surface area contributed by atoms with Crippen molar-refractivity contribution in [2.45, 2.75) is 40.3 Å². The second-order valence-corrected chi connectivity index (χ2v) is 8.71. The number of quaternary nitrogens is 2. The molecule has 0 aliphatic carbocycles. The van der Waals surface area contributed by atoms with Gasteiger partial charge >= 0.3 is 0 Å². The molecule has 0 radical (unpaired) electrons. The molecule has 30 heavy (non-hydrogen) atoms. The minimum absolute atomic E-state index is 0.272. The Morgan fingerprint density at radius 2 is 1.63 bits per heavy atom. The lowest BCUT2D eigenvalue weighted by Crippen LogP contribution is -3.27. The van der Waals surface area contributed by atoms with Crippen molar-refractivity contribution in [2.75, 3.05) is 46.9 Å². The Labute approximate surface area is 180 Å². The summed E-state index contributed by atoms with van der Waals surface area (Å²) < 4.78 is 13.0. The molecule has 1 aromatic carbocycles. The summed E-state index contributed by atoms with van der Waals surface area (Å²) in [6.07, 6.45) is 0. The average molecular weight is 416 g/mol. The molecule has 6 nitrogen and oxygen atoms in total. The molecule has 1 saturated heterocycles. The van der Waals surface area contributed by atoms with Crippen molar-refractivity contribution in [3.63, 3.8) is 0 Å². The number of nitrogens with one attached hydrogen (secondary N) is 2. The lowest BCUT2D eigenvalue weighted by Gasteiger charge is -2.29. The molecule has 1 aromatic heterocycles. The van der Waals surface area contributed by atoms with Crippen LogP contribution in [0.3, 0.4) is 0 Å². The molecule has 0 atom stereocenters. The predicted molar refractivity (Wildman–Crippen MR) is 118 cm³/mol. The van der Waals surface area contributed by atoms with E-state index in [-0.39, 0.29) is 5.78 Å². The average Bonchev–Trinajstić information content (AvgIpc) is 3.03. The number of carbonyl (C=O) groups is 1. The molecule has 3 rings (SSSR count). The first kappa shape index (κ1) is 22.4. The molecule has 6 heteroatoms. The predicted octanol–water partition coefficient (Wildman–Crippen LogP) is 0.869. The van der Waals surface area contributed by atoms with Crippen molar-refractivity contribution >= 4 is 5.78 Å². The first-order valence-electron chi connectivity index (χ1n) is 10.9. The summed E-state index contributed by atoms with van der Waals surface area (Å²) in [5.74, 6) is 1.82. The van der Waals surface area contributed by atoms with Crippen molar-refractivity contribution < 1.29 is 24.1 Å². The van der Waals surface area contributed by atoms with Crippen LogP contribution in [0.1, 0.15) is 47.2 Å². The Bertz CT molecular complexity index is 880. The van der Waals surface area contributed by atoms with Crippen LogP contribution in [0.5, 0.6) is 11.5 Å². The molecule has 1 aliphatic heterocycles. The fourth-order valence-corrected chi connectivity index (χ4v) is 4.77. The SMILES string of the molecule is COc1ccc(C[NH+]2CC[NH+](CC(=O)c3cc(C)n(C(C)C)c3C)CC2)cc1OC. The van der Waals surface area contributed by atoms with Crippen molar-refractivity contribution in [3.05, 3.63) is 46.8 Å². The fourth-order valence-electron chi connectivity index (χ4n) is 4.77. The maximum absolute atomic E-state index is 13.0. The van der Waals surface area contributed by atoms with Crippen LogP contribution in [0.15, 0.2) is 24.3 Å². The summed E-state index contributed by atoms with van der Waals surface area (Å²) in [5, 5.41) is 0. The van der Waals surface area contributed by atoms with E-state index in [2.05, 4.69) is 50.5 Å². The zero-order chi connectivity index (χ0) is 21.8. The number of rotatable bonds is 8. The van der Waals surface area contributed by atoms with Crippen LogP contribution in [0, 0.1) is 13.8 Å². The van der Waals surface area contributed by atoms with Crippen molar-refractivity contribution in [2.24, 2.45) is 0 Å². The van der Waals surface area contributed by atoms with Gasteiger partial charge in [0.25, 0.3) is 0 Å². The number of ketones is 1. The van der Waals surface area contributed by atoms with Crippen LogP contribution < -0.4 is 19.3 Å². The molecular formula is C24H37N3O3+2. The second kappa shape index (κ2) is 9.67. The van der Waals surface area contributed by atoms with E-state index in [1.807, 2.05) is 6.07 Å². The molecule has 0 saturated carbocycles. The molecule has 0 unspecified atom stereocenters. The Kier molecular flexibility index (Phi) is 7.21. The van der Waals surface area contributed by atoms with E-state index < -0.39 is 0 Å². The van der Waals surface area contributed by atoms with Crippen LogP contribution >= 0.6 is 0 Å². The molecule has 0 spiro atoms. The summed E-state index contributed by atoms with van der Waals surface area (Å²) in [6.45, 7) is 14.2. The van der Waals surface area contributed by atoms with Crippen molar-refractivity contribution in [1.29, 1.82) is 0 Å². The molecule has 1 fully saturated rings. The number of piperazine rings is 1. The smallest absolute Gasteiger partial charge is 0.218 e. The van der Waals surface area contributed by atoms with Gasteiger partial charge in [0.05, 0.1) is 14.2 Å². The van der Waals surface area contributed by atoms with Gasteiger partial charge in [0, 0.05) is 28.6 Å². The molecule has 1 aliphatic rings. The van der Waals surface area contributed by atoms with E-state index in [0.29, 0.717) is 12.6 Å². The molecule has 2 heterocycles. The first-order valence-corrected chi connectivity index (χ1v) is 10.9. The third kappa shape index (κ3) is 4.87. The summed E-state index contributed by atoms with van der Waals surface area (Å²) in [5.41, 5.74) is 4.42. The summed E-state index contributed by atoms with van der Waals surface area (Å²) in [4.78, 5) is 15.9. The number of methoxy groups -OCH3 is 2. The number of nitrogens with zero attached hydrogens (tertiary/aromatic N) is 1. The number of hydrogen-bond donors (Lipinski definition) is 2. The topological polar surface area (TPSA) is 49.3 Å². The first-order chi connectivity index (χ1) is 14.3. The number of aryl methyl sites for hydroxylation is 1. The standard InChI is InChI=1S/C24H35N3O3/c1-17(2)27-18(3)13-21(19(27)4)22(28)16-26-11-9-25(10-12-26)15-20-7-8-23(29-5)24(14-20)30-6/h7-8,13-14,17H,9-12,15-16H2,1-6H3/p+2. The van der Waals surface area contributed by atoms with E-state index in [9.17, 15) is 4.79 Å². The highest BCUT2D eigenvalue weighted by molar-refractivity contribution is 5.98. The number of Topliss-reactive ketones (excluding diaryl/α,β-unsaturated/α-hetero) is 1. The third-order valence-electron chi connectivity index (χ3n) is 6.28. The fraction of sp³-hybridized carbons (Fsp3) is 0.542. The number of ether oxygens (including phenoxy) is 2. The zero-order valence-electron chi connectivity index (χ0n) is 19.3. The van der Waals surface area contributed by atoms with E-state index in [1.165, 1.54) is 16.2 Å². The third-order valence-corrected chi connectivity index (χ3v) is 6.28. The van der Waals surface area contributed by atoms with Crippen LogP contribution in [-0.2, 0) is 6.54 Å². The van der Waals surface area contributed by atoms with Gasteiger partial charge in [-0.2, -0.15) is 0 Å². The minimum Gasteiger partial charge on any atom is -0.493 e. The van der Waals surface area contributed by atoms with Gasteiger partial charge in [-0.3, -0.25) is 4.79 Å². The molecular weight excluding hydrogens is 378 g/mol. The highest BCUT2D eigenvalue weighted by Crippen LogP contribution is 2.27. The van der Waals surface area contributed by atoms with Gasteiger partial charge in [-0.15, -0.1) is 0 Å². The van der Waals surface area contributed by atoms with Crippen LogP contribution in [0.25, 0.3) is 0 Å². The number of benzene rings is 1. The Morgan fingerprint density at radius 3 is 2.20 bits per heavy atom. The molecule has 0 amide bonds. The van der Waals surface area contributed by atoms with Gasteiger partial charge in [0.15, 0.2) is 11.5 Å². The van der Waals surface area contributed by atoms with Gasteiger partial charge in [0.1, 0.15) is 39.3 Å². The number of hydrogen-bond acceptors (Lipinski definition) is 3. The minimum atomic E-state index is 0.272. The summed E-state index contributed by atoms with van der Waals surface area (Å²) in [6, 6.07) is 8.60. The van der Waals surface area contributed by atoms with Gasteiger partial charge in [-0.25, -0.2) is 0 Å². The Balaban J connectivity index is 1.55. The normalized spacial score (nSPS) is 19.2. The second-order valence-electron chi connectivity index (χ2n) is 8.71. The highest BCUT2D eigenvalue weighted by Gasteiger charge is 2.27. The summed E-state index contributed by atoms with van der Waals surface area (Å²) in [7, 11) is 3.33. The van der Waals surface area contributed by atoms with Gasteiger partial charge in [-0.1, -0.05) is 0 Å². The lowest BCUT2D eigenvalue weighted by molar-refractivity contribution is -1.01. The Hall–Kier alpha value is -2.31. The largest absolute Gasteiger partial charge is 0.493 e. The zero-order valence-corrected chi connectivity index (χ0v) is 19.3. The Morgan fingerprint density at radius 1 is 1.00 bits per heavy atom. The van der Waals surface area contributed by atoms with E-state index in [0.717, 1.165) is 55.5 Å².